The first kappa shape index (κ1) is 41.6. The number of rotatable bonds is 7. The highest BCUT2D eigenvalue weighted by molar-refractivity contribution is 7.91. The summed E-state index contributed by atoms with van der Waals surface area (Å²) < 4.78 is 88.0. The SMILES string of the molecule is CC(C)(C)OC(=O)NC(c1nnc(-c2ccc3c(c2)N(Cc2ccc(-c4noc(C(F)(F)F)n4)cc2)C(=O)[C@@H](NC(=O)OC(C)(C)C)CS3(=O)=O)o1)C(C)(C)C. The van der Waals surface area contributed by atoms with Crippen LogP contribution in [0.5, 0.6) is 0 Å². The monoisotopic (exact) mass is 805 g/mol. The van der Waals surface area contributed by atoms with Gasteiger partial charge in [-0.1, -0.05) is 50.2 Å². The minimum atomic E-state index is -4.84. The largest absolute Gasteiger partial charge is 0.471 e. The Bertz CT molecular complexity index is 2220. The molecule has 3 heterocycles. The summed E-state index contributed by atoms with van der Waals surface area (Å²) in [6, 6.07) is 7.45. The van der Waals surface area contributed by atoms with Crippen molar-refractivity contribution in [3.05, 3.63) is 59.8 Å². The van der Waals surface area contributed by atoms with Crippen LogP contribution in [0.4, 0.5) is 28.4 Å². The average molecular weight is 806 g/mol. The van der Waals surface area contributed by atoms with Crippen LogP contribution in [-0.4, -0.2) is 69.8 Å². The number of sulfone groups is 1. The van der Waals surface area contributed by atoms with E-state index in [-0.39, 0.29) is 45.9 Å². The van der Waals surface area contributed by atoms with Crippen LogP contribution in [0.3, 0.4) is 0 Å². The van der Waals surface area contributed by atoms with E-state index < -0.39 is 74.5 Å². The number of alkyl carbamates (subject to hydrolysis) is 2. The highest BCUT2D eigenvalue weighted by atomic mass is 32.2. The molecular weight excluding hydrogens is 763 g/mol. The van der Waals surface area contributed by atoms with Crippen LogP contribution < -0.4 is 15.5 Å². The van der Waals surface area contributed by atoms with E-state index >= 15 is 0 Å². The molecule has 4 aromatic rings. The van der Waals surface area contributed by atoms with Crippen LogP contribution in [0.2, 0.25) is 0 Å². The zero-order valence-corrected chi connectivity index (χ0v) is 32.9. The summed E-state index contributed by atoms with van der Waals surface area (Å²) in [7, 11) is -4.26. The summed E-state index contributed by atoms with van der Waals surface area (Å²) in [5.41, 5.74) is -1.67. The number of hydrogen-bond acceptors (Lipinski definition) is 13. The Morgan fingerprint density at radius 3 is 2.09 bits per heavy atom. The molecule has 2 aromatic carbocycles. The molecule has 0 saturated carbocycles. The van der Waals surface area contributed by atoms with Crippen molar-refractivity contribution in [2.45, 2.75) is 103 Å². The highest BCUT2D eigenvalue weighted by Gasteiger charge is 2.41. The molecular formula is C36H42F3N7O9S. The Labute approximate surface area is 320 Å². The van der Waals surface area contributed by atoms with Gasteiger partial charge in [0.2, 0.25) is 17.6 Å². The van der Waals surface area contributed by atoms with E-state index in [1.165, 1.54) is 42.5 Å². The second kappa shape index (κ2) is 14.8. The van der Waals surface area contributed by atoms with Gasteiger partial charge >= 0.3 is 24.3 Å². The van der Waals surface area contributed by atoms with Crippen LogP contribution in [0.15, 0.2) is 56.3 Å². The molecule has 5 rings (SSSR count). The van der Waals surface area contributed by atoms with Gasteiger partial charge in [-0.2, -0.15) is 18.2 Å². The number of carbonyl (C=O) groups is 3. The van der Waals surface area contributed by atoms with Gasteiger partial charge in [-0.25, -0.2) is 18.0 Å². The maximum absolute atomic E-state index is 14.3. The van der Waals surface area contributed by atoms with Crippen molar-refractivity contribution < 1.29 is 54.4 Å². The van der Waals surface area contributed by atoms with E-state index in [1.54, 1.807) is 41.5 Å². The van der Waals surface area contributed by atoms with Crippen LogP contribution >= 0.6 is 0 Å². The number of ether oxygens (including phenoxy) is 2. The molecule has 16 nitrogen and oxygen atoms in total. The third kappa shape index (κ3) is 10.0. The van der Waals surface area contributed by atoms with Crippen LogP contribution in [0.25, 0.3) is 22.8 Å². The second-order valence-electron chi connectivity index (χ2n) is 16.1. The second-order valence-corrected chi connectivity index (χ2v) is 18.1. The van der Waals surface area contributed by atoms with Crippen molar-refractivity contribution in [2.75, 3.05) is 10.7 Å². The smallest absolute Gasteiger partial charge is 0.444 e. The third-order valence-electron chi connectivity index (χ3n) is 7.91. The lowest BCUT2D eigenvalue weighted by Gasteiger charge is -2.29. The molecule has 2 N–H and O–H groups in total. The van der Waals surface area contributed by atoms with Gasteiger partial charge in [0.25, 0.3) is 5.91 Å². The van der Waals surface area contributed by atoms with Gasteiger partial charge in [-0.15, -0.1) is 10.2 Å². The van der Waals surface area contributed by atoms with Crippen molar-refractivity contribution in [2.24, 2.45) is 5.41 Å². The lowest BCUT2D eigenvalue weighted by atomic mass is 9.87. The minimum Gasteiger partial charge on any atom is -0.444 e. The summed E-state index contributed by atoms with van der Waals surface area (Å²) >= 11 is 0. The molecule has 20 heteroatoms. The molecule has 1 aliphatic rings. The fourth-order valence-electron chi connectivity index (χ4n) is 5.47. The number of aromatic nitrogens is 4. The predicted octanol–water partition coefficient (Wildman–Crippen LogP) is 6.63. The van der Waals surface area contributed by atoms with Gasteiger partial charge in [-0.05, 0) is 70.7 Å². The summed E-state index contributed by atoms with van der Waals surface area (Å²) in [5, 5.41) is 16.9. The number of benzene rings is 2. The summed E-state index contributed by atoms with van der Waals surface area (Å²) in [4.78, 5) is 44.1. The van der Waals surface area contributed by atoms with E-state index in [2.05, 4.69) is 35.5 Å². The van der Waals surface area contributed by atoms with E-state index in [0.717, 1.165) is 4.90 Å². The molecule has 0 aliphatic carbocycles. The Balaban J connectivity index is 1.54. The van der Waals surface area contributed by atoms with Gasteiger partial charge in [-0.3, -0.25) is 4.79 Å². The molecule has 302 valence electrons. The van der Waals surface area contributed by atoms with E-state index in [1.807, 2.05) is 20.8 Å². The lowest BCUT2D eigenvalue weighted by Crippen LogP contribution is -2.51. The first-order valence-electron chi connectivity index (χ1n) is 17.2. The molecule has 2 atom stereocenters. The molecule has 56 heavy (non-hydrogen) atoms. The van der Waals surface area contributed by atoms with Crippen molar-refractivity contribution in [1.29, 1.82) is 0 Å². The first-order valence-corrected chi connectivity index (χ1v) is 18.9. The summed E-state index contributed by atoms with van der Waals surface area (Å²) in [5.74, 6) is -3.51. The molecule has 3 amide bonds. The summed E-state index contributed by atoms with van der Waals surface area (Å²) in [6.45, 7) is 15.2. The Kier molecular flexibility index (Phi) is 11.0. The number of amides is 3. The van der Waals surface area contributed by atoms with E-state index in [4.69, 9.17) is 13.9 Å². The molecule has 1 aliphatic heterocycles. The van der Waals surface area contributed by atoms with E-state index in [9.17, 15) is 36.0 Å². The molecule has 0 fully saturated rings. The molecule has 2 aromatic heterocycles. The maximum Gasteiger partial charge on any atom is 0.471 e. The fourth-order valence-corrected chi connectivity index (χ4v) is 7.08. The van der Waals surface area contributed by atoms with Crippen LogP contribution in [0, 0.1) is 5.41 Å². The van der Waals surface area contributed by atoms with Crippen LogP contribution in [-0.2, 0) is 36.8 Å². The highest BCUT2D eigenvalue weighted by Crippen LogP contribution is 2.38. The molecule has 0 saturated heterocycles. The van der Waals surface area contributed by atoms with Gasteiger partial charge in [0.05, 0.1) is 22.9 Å². The van der Waals surface area contributed by atoms with Crippen molar-refractivity contribution >= 4 is 33.6 Å². The Morgan fingerprint density at radius 2 is 1.52 bits per heavy atom. The van der Waals surface area contributed by atoms with E-state index in [0.29, 0.717) is 5.56 Å². The number of anilines is 1. The quantitative estimate of drug-likeness (QED) is 0.201. The summed E-state index contributed by atoms with van der Waals surface area (Å²) in [6.07, 6.45) is -6.58. The third-order valence-corrected chi connectivity index (χ3v) is 9.70. The first-order chi connectivity index (χ1) is 25.7. The lowest BCUT2D eigenvalue weighted by molar-refractivity contribution is -0.159. The standard InChI is InChI=1S/C36H42F3N7O9S/c1-33(2,3)25(41-32(49)54-35(7,8)9)28-44-43-27(52-28)21-14-15-24-23(16-21)46(29(47)22(18-56(24,50)51)40-31(48)53-34(4,5)6)17-19-10-12-20(13-11-19)26-42-30(55-45-26)36(37,38)39/h10-16,22,25H,17-18H2,1-9H3,(H,40,48)(H,41,49)/t22-,25?/m0/s1. The number of halogens is 3. The number of hydrogen-bond donors (Lipinski definition) is 2. The number of fused-ring (bicyclic) bond motifs is 1. The molecule has 0 radical (unpaired) electrons. The van der Waals surface area contributed by atoms with Gasteiger partial charge in [0, 0.05) is 11.1 Å². The number of nitrogens with zero attached hydrogens (tertiary/aromatic N) is 5. The Morgan fingerprint density at radius 1 is 0.911 bits per heavy atom. The topological polar surface area (TPSA) is 209 Å². The van der Waals surface area contributed by atoms with Gasteiger partial charge in [0.15, 0.2) is 9.84 Å². The van der Waals surface area contributed by atoms with Gasteiger partial charge in [0.1, 0.15) is 23.3 Å². The van der Waals surface area contributed by atoms with Crippen LogP contribution in [0.1, 0.15) is 85.7 Å². The minimum absolute atomic E-state index is 0.0273. The number of alkyl halides is 3. The fraction of sp³-hybridized carbons (Fsp3) is 0.472. The zero-order chi connectivity index (χ0) is 41.6. The predicted molar refractivity (Wildman–Crippen MR) is 192 cm³/mol. The number of nitrogens with one attached hydrogen (secondary N) is 2. The molecule has 0 spiro atoms. The molecule has 0 bridgehead atoms. The van der Waals surface area contributed by atoms with Crippen molar-refractivity contribution in [1.82, 2.24) is 31.0 Å². The van der Waals surface area contributed by atoms with Crippen molar-refractivity contribution in [3.8, 4) is 22.8 Å². The van der Waals surface area contributed by atoms with Gasteiger partial charge < -0.3 is 33.9 Å². The average Bonchev–Trinajstić information content (AvgIpc) is 3.73. The maximum atomic E-state index is 14.3. The normalized spacial score (nSPS) is 16.8. The Hall–Kier alpha value is -5.53. The zero-order valence-electron chi connectivity index (χ0n) is 32.1. The van der Waals surface area contributed by atoms with Crippen molar-refractivity contribution in [3.63, 3.8) is 0 Å². The number of carbonyl (C=O) groups excluding carboxylic acids is 3. The molecule has 1 unspecified atom stereocenters.